The fourth-order valence-electron chi connectivity index (χ4n) is 1.33. The van der Waals surface area contributed by atoms with Gasteiger partial charge in [0.1, 0.15) is 18.3 Å². The number of aliphatic carboxylic acids is 1. The van der Waals surface area contributed by atoms with Crippen molar-refractivity contribution < 1.29 is 19.4 Å². The Morgan fingerprint density at radius 3 is 2.42 bits per heavy atom. The smallest absolute Gasteiger partial charge is 0.408 e. The van der Waals surface area contributed by atoms with Gasteiger partial charge in [-0.3, -0.25) is 4.68 Å². The highest BCUT2D eigenvalue weighted by Crippen LogP contribution is 2.11. The van der Waals surface area contributed by atoms with Crippen LogP contribution in [-0.2, 0) is 16.1 Å². The number of ether oxygens (including phenoxy) is 1. The fourth-order valence-corrected chi connectivity index (χ4v) is 1.33. The minimum atomic E-state index is -1.53. The summed E-state index contributed by atoms with van der Waals surface area (Å²) in [6.45, 7) is 6.41. The van der Waals surface area contributed by atoms with E-state index in [4.69, 9.17) is 4.74 Å². The van der Waals surface area contributed by atoms with Gasteiger partial charge in [-0.1, -0.05) is 0 Å². The minimum absolute atomic E-state index is 0.0540. The van der Waals surface area contributed by atoms with Crippen molar-refractivity contribution in [2.24, 2.45) is 0 Å². The van der Waals surface area contributed by atoms with Gasteiger partial charge in [0.2, 0.25) is 0 Å². The molecule has 1 amide bonds. The van der Waals surface area contributed by atoms with Crippen molar-refractivity contribution in [1.82, 2.24) is 20.1 Å². The Hall–Kier alpha value is -2.12. The van der Waals surface area contributed by atoms with Gasteiger partial charge in [-0.25, -0.2) is 14.6 Å². The molecular weight excluding hydrogens is 252 g/mol. The number of hydrogen-bond acceptors (Lipinski definition) is 5. The van der Waals surface area contributed by atoms with Gasteiger partial charge in [-0.2, -0.15) is 5.10 Å². The molecule has 0 bridgehead atoms. The summed E-state index contributed by atoms with van der Waals surface area (Å²) in [5, 5.41) is 15.4. The first-order chi connectivity index (χ1) is 8.62. The van der Waals surface area contributed by atoms with Crippen LogP contribution in [0.3, 0.4) is 0 Å². The number of nitrogens with zero attached hydrogens (tertiary/aromatic N) is 3. The van der Waals surface area contributed by atoms with Gasteiger partial charge in [0.15, 0.2) is 5.54 Å². The summed E-state index contributed by atoms with van der Waals surface area (Å²) in [4.78, 5) is 26.7. The van der Waals surface area contributed by atoms with Crippen LogP contribution in [0.15, 0.2) is 12.7 Å². The van der Waals surface area contributed by atoms with Gasteiger partial charge in [0.25, 0.3) is 0 Å². The molecule has 19 heavy (non-hydrogen) atoms. The van der Waals surface area contributed by atoms with E-state index in [1.54, 1.807) is 20.8 Å². The van der Waals surface area contributed by atoms with Gasteiger partial charge >= 0.3 is 12.1 Å². The van der Waals surface area contributed by atoms with Gasteiger partial charge in [-0.05, 0) is 27.7 Å². The zero-order valence-electron chi connectivity index (χ0n) is 11.4. The molecule has 0 aliphatic heterocycles. The van der Waals surface area contributed by atoms with E-state index in [1.165, 1.54) is 24.3 Å². The largest absolute Gasteiger partial charge is 0.479 e. The van der Waals surface area contributed by atoms with Crippen LogP contribution in [0, 0.1) is 0 Å². The number of carboxylic acid groups (broad SMARTS) is 1. The van der Waals surface area contributed by atoms with E-state index in [0.717, 1.165) is 0 Å². The third kappa shape index (κ3) is 4.57. The molecule has 2 N–H and O–H groups in total. The molecule has 0 saturated carbocycles. The van der Waals surface area contributed by atoms with E-state index in [0.29, 0.717) is 0 Å². The first kappa shape index (κ1) is 14.9. The van der Waals surface area contributed by atoms with Crippen LogP contribution in [0.4, 0.5) is 4.79 Å². The Kier molecular flexibility index (Phi) is 4.13. The molecule has 1 rings (SSSR count). The highest BCUT2D eigenvalue weighted by Gasteiger charge is 2.37. The van der Waals surface area contributed by atoms with Crippen LogP contribution >= 0.6 is 0 Å². The molecule has 0 aliphatic carbocycles. The highest BCUT2D eigenvalue weighted by atomic mass is 16.6. The third-order valence-corrected chi connectivity index (χ3v) is 2.19. The molecule has 0 spiro atoms. The average molecular weight is 270 g/mol. The molecule has 1 atom stereocenters. The molecule has 0 fully saturated rings. The first-order valence-corrected chi connectivity index (χ1v) is 5.69. The van der Waals surface area contributed by atoms with Gasteiger partial charge in [-0.15, -0.1) is 0 Å². The molecule has 0 radical (unpaired) electrons. The molecule has 8 heteroatoms. The monoisotopic (exact) mass is 270 g/mol. The van der Waals surface area contributed by atoms with Crippen LogP contribution in [0.1, 0.15) is 27.7 Å². The van der Waals surface area contributed by atoms with Crippen molar-refractivity contribution in [3.8, 4) is 0 Å². The summed E-state index contributed by atoms with van der Waals surface area (Å²) in [5.74, 6) is -1.19. The predicted molar refractivity (Wildman–Crippen MR) is 65.4 cm³/mol. The fraction of sp³-hybridized carbons (Fsp3) is 0.636. The minimum Gasteiger partial charge on any atom is -0.479 e. The summed E-state index contributed by atoms with van der Waals surface area (Å²) in [5.41, 5.74) is -2.23. The number of rotatable bonds is 4. The summed E-state index contributed by atoms with van der Waals surface area (Å²) in [7, 11) is 0. The molecule has 0 saturated heterocycles. The standard InChI is InChI=1S/C11H18N4O4/c1-10(2,3)19-9(18)14-11(4,8(16)17)5-15-7-12-6-13-15/h6-7H,5H2,1-4H3,(H,14,18)(H,16,17)/t11-/m0/s1. The lowest BCUT2D eigenvalue weighted by Gasteiger charge is -2.28. The zero-order valence-corrected chi connectivity index (χ0v) is 11.4. The van der Waals surface area contributed by atoms with Crippen LogP contribution < -0.4 is 5.32 Å². The van der Waals surface area contributed by atoms with Crippen LogP contribution in [-0.4, -0.2) is 43.1 Å². The van der Waals surface area contributed by atoms with E-state index >= 15 is 0 Å². The first-order valence-electron chi connectivity index (χ1n) is 5.69. The molecule has 1 aromatic heterocycles. The van der Waals surface area contributed by atoms with Crippen LogP contribution in [0.2, 0.25) is 0 Å². The maximum Gasteiger partial charge on any atom is 0.408 e. The Morgan fingerprint density at radius 1 is 1.37 bits per heavy atom. The predicted octanol–water partition coefficient (Wildman–Crippen LogP) is 0.646. The molecule has 0 aliphatic rings. The molecule has 0 aromatic carbocycles. The molecule has 8 nitrogen and oxygen atoms in total. The number of aromatic nitrogens is 3. The number of carboxylic acids is 1. The zero-order chi connectivity index (χ0) is 14.7. The SMILES string of the molecule is CC(C)(C)OC(=O)N[C@@](C)(Cn1cncn1)C(=O)O. The number of hydrogen-bond donors (Lipinski definition) is 2. The van der Waals surface area contributed by atoms with E-state index in [2.05, 4.69) is 15.4 Å². The summed E-state index contributed by atoms with van der Waals surface area (Å²) in [6.07, 6.45) is 1.87. The lowest BCUT2D eigenvalue weighted by atomic mass is 10.0. The number of nitrogens with one attached hydrogen (secondary N) is 1. The number of amides is 1. The van der Waals surface area contributed by atoms with E-state index in [1.807, 2.05) is 0 Å². The van der Waals surface area contributed by atoms with E-state index < -0.39 is 23.2 Å². The number of alkyl carbamates (subject to hydrolysis) is 1. The van der Waals surface area contributed by atoms with Crippen molar-refractivity contribution in [2.75, 3.05) is 0 Å². The Bertz CT molecular complexity index is 452. The molecule has 1 aromatic rings. The van der Waals surface area contributed by atoms with Gasteiger partial charge < -0.3 is 15.2 Å². The van der Waals surface area contributed by atoms with Crippen molar-refractivity contribution >= 4 is 12.1 Å². The topological polar surface area (TPSA) is 106 Å². The lowest BCUT2D eigenvalue weighted by molar-refractivity contribution is -0.144. The summed E-state index contributed by atoms with van der Waals surface area (Å²) in [6, 6.07) is 0. The van der Waals surface area contributed by atoms with Crippen LogP contribution in [0.25, 0.3) is 0 Å². The summed E-state index contributed by atoms with van der Waals surface area (Å²) < 4.78 is 6.37. The van der Waals surface area contributed by atoms with Crippen molar-refractivity contribution in [1.29, 1.82) is 0 Å². The maximum atomic E-state index is 11.7. The molecule has 0 unspecified atom stereocenters. The van der Waals surface area contributed by atoms with Crippen molar-refractivity contribution in [3.05, 3.63) is 12.7 Å². The van der Waals surface area contributed by atoms with Crippen molar-refractivity contribution in [3.63, 3.8) is 0 Å². The highest BCUT2D eigenvalue weighted by molar-refractivity contribution is 5.83. The normalized spacial score (nSPS) is 14.5. The molecule has 106 valence electrons. The van der Waals surface area contributed by atoms with Crippen molar-refractivity contribution in [2.45, 2.75) is 45.4 Å². The van der Waals surface area contributed by atoms with Crippen LogP contribution in [0.5, 0.6) is 0 Å². The Balaban J connectivity index is 2.77. The second kappa shape index (κ2) is 5.25. The second-order valence-electron chi connectivity index (χ2n) is 5.36. The maximum absolute atomic E-state index is 11.7. The van der Waals surface area contributed by atoms with E-state index in [-0.39, 0.29) is 6.54 Å². The number of carbonyl (C=O) groups is 2. The average Bonchev–Trinajstić information content (AvgIpc) is 2.66. The molecule has 1 heterocycles. The van der Waals surface area contributed by atoms with E-state index in [9.17, 15) is 14.7 Å². The van der Waals surface area contributed by atoms with Gasteiger partial charge in [0, 0.05) is 0 Å². The second-order valence-corrected chi connectivity index (χ2v) is 5.36. The Labute approximate surface area is 110 Å². The van der Waals surface area contributed by atoms with Gasteiger partial charge in [0.05, 0.1) is 6.54 Å². The lowest BCUT2D eigenvalue weighted by Crippen LogP contribution is -2.56. The number of carbonyl (C=O) groups excluding carboxylic acids is 1. The third-order valence-electron chi connectivity index (χ3n) is 2.19. The summed E-state index contributed by atoms with van der Waals surface area (Å²) >= 11 is 0. The molecular formula is C11H18N4O4. The quantitative estimate of drug-likeness (QED) is 0.831. The Morgan fingerprint density at radius 2 is 2.00 bits per heavy atom.